The summed E-state index contributed by atoms with van der Waals surface area (Å²) in [7, 11) is 0. The van der Waals surface area contributed by atoms with E-state index in [0.29, 0.717) is 19.0 Å². The van der Waals surface area contributed by atoms with Crippen molar-refractivity contribution in [2.24, 2.45) is 0 Å². The Morgan fingerprint density at radius 1 is 1.10 bits per heavy atom. The highest BCUT2D eigenvalue weighted by Crippen LogP contribution is 2.32. The molecule has 1 aliphatic heterocycles. The van der Waals surface area contributed by atoms with Crippen LogP contribution < -0.4 is 0 Å². The van der Waals surface area contributed by atoms with Crippen molar-refractivity contribution in [3.05, 3.63) is 76.7 Å². The SMILES string of the molecule is O=C(Cc1ccc(Cl)cc1F)C(=O)N1CCC(c2ccnc3ccccc23)CC1. The quantitative estimate of drug-likeness (QED) is 0.593. The van der Waals surface area contributed by atoms with Crippen molar-refractivity contribution in [2.45, 2.75) is 25.2 Å². The number of likely N-dealkylation sites (tertiary alicyclic amines) is 1. The molecule has 0 spiro atoms. The number of fused-ring (bicyclic) bond motifs is 1. The van der Waals surface area contributed by atoms with Gasteiger partial charge >= 0.3 is 0 Å². The normalized spacial score (nSPS) is 14.9. The summed E-state index contributed by atoms with van der Waals surface area (Å²) < 4.78 is 13.9. The Kier molecular flexibility index (Phi) is 5.58. The van der Waals surface area contributed by atoms with E-state index in [1.165, 1.54) is 17.7 Å². The van der Waals surface area contributed by atoms with Crippen LogP contribution in [0.2, 0.25) is 5.02 Å². The summed E-state index contributed by atoms with van der Waals surface area (Å²) in [6, 6.07) is 14.2. The maximum absolute atomic E-state index is 13.9. The van der Waals surface area contributed by atoms with Crippen LogP contribution in [0.25, 0.3) is 10.9 Å². The highest BCUT2D eigenvalue weighted by molar-refractivity contribution is 6.36. The number of ketones is 1. The zero-order valence-corrected chi connectivity index (χ0v) is 16.5. The number of hydrogen-bond donors (Lipinski definition) is 0. The van der Waals surface area contributed by atoms with Crippen LogP contribution in [0.3, 0.4) is 0 Å². The molecule has 29 heavy (non-hydrogen) atoms. The van der Waals surface area contributed by atoms with Crippen LogP contribution in [0.5, 0.6) is 0 Å². The van der Waals surface area contributed by atoms with Crippen LogP contribution in [0, 0.1) is 5.82 Å². The molecule has 3 aromatic rings. The average molecular weight is 411 g/mol. The molecule has 1 aromatic heterocycles. The molecule has 0 aliphatic carbocycles. The summed E-state index contributed by atoms with van der Waals surface area (Å²) >= 11 is 5.73. The standard InChI is InChI=1S/C23H20ClFN2O2/c24-17-6-5-16(20(25)14-17)13-22(28)23(29)27-11-8-15(9-12-27)18-7-10-26-21-4-2-1-3-19(18)21/h1-7,10,14-15H,8-9,11-13H2. The number of piperidine rings is 1. The first-order valence-electron chi connectivity index (χ1n) is 9.62. The van der Waals surface area contributed by atoms with Crippen LogP contribution in [0.15, 0.2) is 54.7 Å². The lowest BCUT2D eigenvalue weighted by Gasteiger charge is -2.32. The topological polar surface area (TPSA) is 50.3 Å². The van der Waals surface area contributed by atoms with Gasteiger partial charge in [-0.2, -0.15) is 0 Å². The minimum Gasteiger partial charge on any atom is -0.336 e. The highest BCUT2D eigenvalue weighted by Gasteiger charge is 2.28. The van der Waals surface area contributed by atoms with E-state index in [1.807, 2.05) is 30.5 Å². The zero-order valence-electron chi connectivity index (χ0n) is 15.8. The van der Waals surface area contributed by atoms with E-state index >= 15 is 0 Å². The molecule has 2 aromatic carbocycles. The molecule has 0 unspecified atom stereocenters. The minimum absolute atomic E-state index is 0.186. The maximum Gasteiger partial charge on any atom is 0.290 e. The Morgan fingerprint density at radius 2 is 1.86 bits per heavy atom. The van der Waals surface area contributed by atoms with Crippen LogP contribution in [-0.4, -0.2) is 34.7 Å². The molecule has 0 N–H and O–H groups in total. The van der Waals surface area contributed by atoms with Crippen molar-refractivity contribution in [3.63, 3.8) is 0 Å². The second-order valence-corrected chi connectivity index (χ2v) is 7.76. The fourth-order valence-electron chi connectivity index (χ4n) is 3.96. The van der Waals surface area contributed by atoms with Crippen LogP contribution in [0.4, 0.5) is 4.39 Å². The van der Waals surface area contributed by atoms with E-state index in [9.17, 15) is 14.0 Å². The van der Waals surface area contributed by atoms with E-state index < -0.39 is 17.5 Å². The Balaban J connectivity index is 1.41. The van der Waals surface area contributed by atoms with Crippen LogP contribution >= 0.6 is 11.6 Å². The van der Waals surface area contributed by atoms with E-state index in [1.54, 1.807) is 4.90 Å². The predicted molar refractivity (Wildman–Crippen MR) is 110 cm³/mol. The fourth-order valence-corrected chi connectivity index (χ4v) is 4.12. The summed E-state index contributed by atoms with van der Waals surface area (Å²) in [6.45, 7) is 1.02. The van der Waals surface area contributed by atoms with Crippen molar-refractivity contribution < 1.29 is 14.0 Å². The number of Topliss-reactive ketones (excluding diaryl/α,β-unsaturated/α-hetero) is 1. The van der Waals surface area contributed by atoms with Crippen molar-refractivity contribution in [3.8, 4) is 0 Å². The number of nitrogens with zero attached hydrogens (tertiary/aromatic N) is 2. The van der Waals surface area contributed by atoms with Gasteiger partial charge in [-0.3, -0.25) is 14.6 Å². The molecule has 0 radical (unpaired) electrons. The van der Waals surface area contributed by atoms with E-state index in [4.69, 9.17) is 11.6 Å². The van der Waals surface area contributed by atoms with Gasteiger partial charge in [-0.25, -0.2) is 4.39 Å². The summed E-state index contributed by atoms with van der Waals surface area (Å²) in [5, 5.41) is 1.39. The Labute approximate surface area is 173 Å². The lowest BCUT2D eigenvalue weighted by molar-refractivity contribution is -0.145. The maximum atomic E-state index is 13.9. The Bertz CT molecular complexity index is 1070. The number of amides is 1. The molecular weight excluding hydrogens is 391 g/mol. The molecule has 1 fully saturated rings. The predicted octanol–water partition coefficient (Wildman–Crippen LogP) is 4.55. The van der Waals surface area contributed by atoms with Gasteiger partial charge in [-0.15, -0.1) is 0 Å². The number of hydrogen-bond acceptors (Lipinski definition) is 3. The molecule has 6 heteroatoms. The van der Waals surface area contributed by atoms with Crippen LogP contribution in [-0.2, 0) is 16.0 Å². The van der Waals surface area contributed by atoms with Gasteiger partial charge in [-0.05, 0) is 54.2 Å². The second-order valence-electron chi connectivity index (χ2n) is 7.32. The molecule has 1 amide bonds. The lowest BCUT2D eigenvalue weighted by atomic mass is 9.87. The van der Waals surface area contributed by atoms with Gasteiger partial charge in [0.15, 0.2) is 0 Å². The van der Waals surface area contributed by atoms with Gasteiger partial charge in [0.2, 0.25) is 5.78 Å². The van der Waals surface area contributed by atoms with Crippen molar-refractivity contribution in [2.75, 3.05) is 13.1 Å². The summed E-state index contributed by atoms with van der Waals surface area (Å²) in [4.78, 5) is 30.9. The summed E-state index contributed by atoms with van der Waals surface area (Å²) in [5.41, 5.74) is 2.38. The van der Waals surface area contributed by atoms with Gasteiger partial charge in [0, 0.05) is 36.1 Å². The summed E-state index contributed by atoms with van der Waals surface area (Å²) in [6.07, 6.45) is 3.13. The molecule has 1 saturated heterocycles. The number of halogens is 2. The number of rotatable bonds is 4. The monoisotopic (exact) mass is 410 g/mol. The van der Waals surface area contributed by atoms with E-state index in [-0.39, 0.29) is 17.0 Å². The number of carbonyl (C=O) groups is 2. The minimum atomic E-state index is -0.598. The number of benzene rings is 2. The fraction of sp³-hybridized carbons (Fsp3) is 0.261. The van der Waals surface area contributed by atoms with Gasteiger partial charge < -0.3 is 4.90 Å². The van der Waals surface area contributed by atoms with Gasteiger partial charge in [0.25, 0.3) is 5.91 Å². The molecule has 4 nitrogen and oxygen atoms in total. The van der Waals surface area contributed by atoms with Crippen molar-refractivity contribution in [1.82, 2.24) is 9.88 Å². The molecule has 148 valence electrons. The van der Waals surface area contributed by atoms with Gasteiger partial charge in [-0.1, -0.05) is 35.9 Å². The molecule has 1 aliphatic rings. The first kappa shape index (κ1) is 19.5. The third kappa shape index (κ3) is 4.15. The molecule has 0 bridgehead atoms. The highest BCUT2D eigenvalue weighted by atomic mass is 35.5. The third-order valence-corrected chi connectivity index (χ3v) is 5.74. The second kappa shape index (κ2) is 8.29. The molecular formula is C23H20ClFN2O2. The summed E-state index contributed by atoms with van der Waals surface area (Å²) in [5.74, 6) is -1.39. The zero-order chi connectivity index (χ0) is 20.4. The number of para-hydroxylation sites is 1. The van der Waals surface area contributed by atoms with E-state index in [2.05, 4.69) is 11.1 Å². The number of aromatic nitrogens is 1. The first-order chi connectivity index (χ1) is 14.0. The smallest absolute Gasteiger partial charge is 0.290 e. The van der Waals surface area contributed by atoms with Gasteiger partial charge in [0.05, 0.1) is 5.52 Å². The van der Waals surface area contributed by atoms with Crippen molar-refractivity contribution >= 4 is 34.2 Å². The number of pyridine rings is 1. The number of carbonyl (C=O) groups excluding carboxylic acids is 2. The lowest BCUT2D eigenvalue weighted by Crippen LogP contribution is -2.42. The van der Waals surface area contributed by atoms with Crippen molar-refractivity contribution in [1.29, 1.82) is 0 Å². The van der Waals surface area contributed by atoms with Gasteiger partial charge in [0.1, 0.15) is 5.82 Å². The van der Waals surface area contributed by atoms with E-state index in [0.717, 1.165) is 29.8 Å². The molecule has 4 rings (SSSR count). The molecule has 2 heterocycles. The average Bonchev–Trinajstić information content (AvgIpc) is 2.75. The Morgan fingerprint density at radius 3 is 2.62 bits per heavy atom. The molecule has 0 saturated carbocycles. The first-order valence-corrected chi connectivity index (χ1v) is 10.0. The third-order valence-electron chi connectivity index (χ3n) is 5.51. The van der Waals surface area contributed by atoms with Crippen LogP contribution in [0.1, 0.15) is 29.9 Å². The Hall–Kier alpha value is -2.79. The largest absolute Gasteiger partial charge is 0.336 e. The molecule has 0 atom stereocenters.